The SMILES string of the molecule is CCOc1c(C(C)n2nc(C)c3c(N)ncnc32)cc(Cl)c(C#N)c1C1CN([C@H](C)CO)C1. The van der Waals surface area contributed by atoms with Crippen molar-refractivity contribution in [3.8, 4) is 11.8 Å². The largest absolute Gasteiger partial charge is 0.493 e. The van der Waals surface area contributed by atoms with Crippen LogP contribution >= 0.6 is 11.6 Å². The number of anilines is 1. The van der Waals surface area contributed by atoms with Crippen LogP contribution in [0.2, 0.25) is 5.02 Å². The van der Waals surface area contributed by atoms with Crippen molar-refractivity contribution in [2.75, 3.05) is 32.0 Å². The van der Waals surface area contributed by atoms with E-state index in [0.717, 1.165) is 35.3 Å². The van der Waals surface area contributed by atoms with E-state index >= 15 is 0 Å². The number of nitrogens with zero attached hydrogens (tertiary/aromatic N) is 6. The Labute approximate surface area is 197 Å². The van der Waals surface area contributed by atoms with Crippen LogP contribution in [0.4, 0.5) is 5.82 Å². The minimum atomic E-state index is -0.284. The second-order valence-corrected chi connectivity index (χ2v) is 8.86. The van der Waals surface area contributed by atoms with Gasteiger partial charge in [-0.1, -0.05) is 11.6 Å². The van der Waals surface area contributed by atoms with Crippen LogP contribution in [0.1, 0.15) is 55.1 Å². The molecule has 1 aromatic carbocycles. The van der Waals surface area contributed by atoms with Crippen LogP contribution in [0.15, 0.2) is 12.4 Å². The summed E-state index contributed by atoms with van der Waals surface area (Å²) in [6.07, 6.45) is 1.42. The van der Waals surface area contributed by atoms with E-state index in [1.807, 2.05) is 27.7 Å². The number of aliphatic hydroxyl groups is 1. The molecule has 0 spiro atoms. The third kappa shape index (κ3) is 3.88. The number of nitriles is 1. The molecule has 3 aromatic rings. The van der Waals surface area contributed by atoms with Crippen LogP contribution in [0.25, 0.3) is 11.0 Å². The third-order valence-electron chi connectivity index (χ3n) is 6.41. The van der Waals surface area contributed by atoms with Crippen LogP contribution in [0, 0.1) is 18.3 Å². The van der Waals surface area contributed by atoms with Gasteiger partial charge in [0.1, 0.15) is 24.0 Å². The van der Waals surface area contributed by atoms with Crippen molar-refractivity contribution in [3.63, 3.8) is 0 Å². The van der Waals surface area contributed by atoms with Crippen LogP contribution in [-0.2, 0) is 0 Å². The molecule has 1 aliphatic heterocycles. The maximum Gasteiger partial charge on any atom is 0.164 e. The number of halogens is 1. The van der Waals surface area contributed by atoms with Crippen LogP contribution in [-0.4, -0.2) is 62.1 Å². The van der Waals surface area contributed by atoms with Crippen molar-refractivity contribution >= 4 is 28.5 Å². The Morgan fingerprint density at radius 1 is 1.36 bits per heavy atom. The molecular weight excluding hydrogens is 442 g/mol. The summed E-state index contributed by atoms with van der Waals surface area (Å²) in [6, 6.07) is 3.84. The van der Waals surface area contributed by atoms with E-state index in [0.29, 0.717) is 34.4 Å². The Kier molecular flexibility index (Phi) is 6.43. The Hall–Kier alpha value is -2.93. The molecule has 2 atom stereocenters. The number of fused-ring (bicyclic) bond motifs is 1. The topological polar surface area (TPSA) is 126 Å². The normalized spacial score (nSPS) is 16.4. The minimum absolute atomic E-state index is 0.0588. The molecule has 0 aliphatic carbocycles. The number of benzene rings is 1. The molecule has 1 aliphatic rings. The maximum atomic E-state index is 9.91. The van der Waals surface area contributed by atoms with E-state index in [4.69, 9.17) is 22.1 Å². The van der Waals surface area contributed by atoms with Crippen LogP contribution in [0.5, 0.6) is 5.75 Å². The van der Waals surface area contributed by atoms with E-state index in [9.17, 15) is 10.4 Å². The lowest BCUT2D eigenvalue weighted by Gasteiger charge is -2.44. The maximum absolute atomic E-state index is 9.91. The Bertz CT molecular complexity index is 1230. The molecule has 1 unspecified atom stereocenters. The second kappa shape index (κ2) is 9.14. The molecule has 3 heterocycles. The number of aliphatic hydroxyl groups excluding tert-OH is 1. The molecule has 3 N–H and O–H groups in total. The summed E-state index contributed by atoms with van der Waals surface area (Å²) in [5.74, 6) is 1.12. The van der Waals surface area contributed by atoms with Gasteiger partial charge in [0.2, 0.25) is 0 Å². The highest BCUT2D eigenvalue weighted by atomic mass is 35.5. The summed E-state index contributed by atoms with van der Waals surface area (Å²) in [5, 5.41) is 25.2. The zero-order valence-electron chi connectivity index (χ0n) is 19.2. The molecular formula is C23H28ClN7O2. The number of aromatic nitrogens is 4. The van der Waals surface area contributed by atoms with E-state index in [-0.39, 0.29) is 24.6 Å². The van der Waals surface area contributed by atoms with Crippen molar-refractivity contribution in [1.29, 1.82) is 5.26 Å². The fourth-order valence-electron chi connectivity index (χ4n) is 4.53. The molecule has 0 bridgehead atoms. The molecule has 1 fully saturated rings. The van der Waals surface area contributed by atoms with E-state index in [1.54, 1.807) is 10.7 Å². The van der Waals surface area contributed by atoms with Gasteiger partial charge >= 0.3 is 0 Å². The summed E-state index contributed by atoms with van der Waals surface area (Å²) in [7, 11) is 0. The van der Waals surface area contributed by atoms with Crippen molar-refractivity contribution in [1.82, 2.24) is 24.6 Å². The van der Waals surface area contributed by atoms with E-state index in [1.165, 1.54) is 6.33 Å². The summed E-state index contributed by atoms with van der Waals surface area (Å²) in [5.41, 5.74) is 9.52. The van der Waals surface area contributed by atoms with Crippen LogP contribution in [0.3, 0.4) is 0 Å². The van der Waals surface area contributed by atoms with Gasteiger partial charge < -0.3 is 15.6 Å². The average Bonchev–Trinajstić information content (AvgIpc) is 3.11. The first-order valence-corrected chi connectivity index (χ1v) is 11.4. The molecule has 174 valence electrons. The Morgan fingerprint density at radius 2 is 2.09 bits per heavy atom. The number of hydrogen-bond acceptors (Lipinski definition) is 8. The zero-order valence-corrected chi connectivity index (χ0v) is 20.0. The van der Waals surface area contributed by atoms with Crippen molar-refractivity contribution < 1.29 is 9.84 Å². The molecule has 0 radical (unpaired) electrons. The molecule has 0 amide bonds. The average molecular weight is 470 g/mol. The lowest BCUT2D eigenvalue weighted by molar-refractivity contribution is 0.0618. The number of aryl methyl sites for hydroxylation is 1. The number of nitrogens with two attached hydrogens (primary N) is 1. The lowest BCUT2D eigenvalue weighted by Crippen LogP contribution is -2.51. The number of hydrogen-bond donors (Lipinski definition) is 2. The first kappa shape index (κ1) is 23.2. The highest BCUT2D eigenvalue weighted by Gasteiger charge is 2.37. The van der Waals surface area contributed by atoms with Gasteiger partial charge in [-0.25, -0.2) is 14.6 Å². The fourth-order valence-corrected chi connectivity index (χ4v) is 4.79. The zero-order chi connectivity index (χ0) is 23.9. The summed E-state index contributed by atoms with van der Waals surface area (Å²) in [6.45, 7) is 9.74. The second-order valence-electron chi connectivity index (χ2n) is 8.46. The van der Waals surface area contributed by atoms with Gasteiger partial charge in [-0.15, -0.1) is 0 Å². The highest BCUT2D eigenvalue weighted by Crippen LogP contribution is 2.44. The summed E-state index contributed by atoms with van der Waals surface area (Å²) < 4.78 is 7.95. The highest BCUT2D eigenvalue weighted by molar-refractivity contribution is 6.32. The van der Waals surface area contributed by atoms with Gasteiger partial charge in [0.25, 0.3) is 0 Å². The van der Waals surface area contributed by atoms with Gasteiger partial charge in [-0.2, -0.15) is 10.4 Å². The minimum Gasteiger partial charge on any atom is -0.493 e. The molecule has 2 aromatic heterocycles. The van der Waals surface area contributed by atoms with E-state index in [2.05, 4.69) is 26.0 Å². The molecule has 0 saturated carbocycles. The first-order chi connectivity index (χ1) is 15.8. The monoisotopic (exact) mass is 469 g/mol. The van der Waals surface area contributed by atoms with Gasteiger partial charge in [-0.05, 0) is 33.8 Å². The van der Waals surface area contributed by atoms with Gasteiger partial charge in [0.05, 0.1) is 40.9 Å². The lowest BCUT2D eigenvalue weighted by atomic mass is 9.84. The van der Waals surface area contributed by atoms with Gasteiger partial charge in [0, 0.05) is 36.2 Å². The predicted octanol–water partition coefficient (Wildman–Crippen LogP) is 3.03. The number of rotatable bonds is 7. The number of likely N-dealkylation sites (tertiary alicyclic amines) is 1. The Morgan fingerprint density at radius 3 is 2.73 bits per heavy atom. The molecule has 4 rings (SSSR count). The summed E-state index contributed by atoms with van der Waals surface area (Å²) in [4.78, 5) is 10.7. The first-order valence-electron chi connectivity index (χ1n) is 11.0. The third-order valence-corrected chi connectivity index (χ3v) is 6.71. The predicted molar refractivity (Wildman–Crippen MR) is 126 cm³/mol. The molecule has 10 heteroatoms. The smallest absolute Gasteiger partial charge is 0.164 e. The number of nitrogen functional groups attached to an aromatic ring is 1. The fraction of sp³-hybridized carbons (Fsp3) is 0.478. The van der Waals surface area contributed by atoms with Crippen LogP contribution < -0.4 is 10.5 Å². The van der Waals surface area contributed by atoms with Crippen molar-refractivity contribution in [2.24, 2.45) is 0 Å². The molecule has 9 nitrogen and oxygen atoms in total. The van der Waals surface area contributed by atoms with Crippen molar-refractivity contribution in [3.05, 3.63) is 39.8 Å². The van der Waals surface area contributed by atoms with Gasteiger partial charge in [0.15, 0.2) is 5.65 Å². The quantitative estimate of drug-likeness (QED) is 0.540. The number of ether oxygens (including phenoxy) is 1. The summed E-state index contributed by atoms with van der Waals surface area (Å²) >= 11 is 6.63. The standard InChI is InChI=1S/C23H28ClN7O2/c1-5-33-21-16(14(4)31-23-19(13(3)29-31)22(26)27-11-28-23)6-18(24)17(7-25)20(21)15-8-30(9-15)12(2)10-32/h6,11-12,14-15,32H,5,8-10H2,1-4H3,(H2,26,27,28)/t12-,14?/m1/s1. The Balaban J connectivity index is 1.85. The van der Waals surface area contributed by atoms with Crippen molar-refractivity contribution in [2.45, 2.75) is 45.7 Å². The molecule has 1 saturated heterocycles. The van der Waals surface area contributed by atoms with Gasteiger partial charge in [-0.3, -0.25) is 4.90 Å². The molecule has 33 heavy (non-hydrogen) atoms. The van der Waals surface area contributed by atoms with E-state index < -0.39 is 0 Å².